The van der Waals surface area contributed by atoms with E-state index in [1.807, 2.05) is 0 Å². The summed E-state index contributed by atoms with van der Waals surface area (Å²) in [5.41, 5.74) is 11.6. The Morgan fingerprint density at radius 2 is 1.15 bits per heavy atom. The number of hydrogen-bond donors (Lipinski definition) is 2. The Bertz CT molecular complexity index is 112. The van der Waals surface area contributed by atoms with E-state index in [-0.39, 0.29) is 12.1 Å². The molecular formula is C10H24N2O. The first-order chi connectivity index (χ1) is 5.95. The van der Waals surface area contributed by atoms with E-state index in [1.165, 1.54) is 0 Å². The fraction of sp³-hybridized carbons (Fsp3) is 1.00. The van der Waals surface area contributed by atoms with E-state index in [2.05, 4.69) is 27.7 Å². The lowest BCUT2D eigenvalue weighted by Crippen LogP contribution is -2.36. The molecule has 0 aromatic carbocycles. The number of nitrogens with two attached hydrogens (primary N) is 2. The number of rotatable bonds is 6. The van der Waals surface area contributed by atoms with E-state index >= 15 is 0 Å². The molecule has 0 bridgehead atoms. The van der Waals surface area contributed by atoms with Gasteiger partial charge in [0, 0.05) is 12.1 Å². The van der Waals surface area contributed by atoms with Gasteiger partial charge in [-0.05, 0) is 11.8 Å². The third-order valence-electron chi connectivity index (χ3n) is 2.33. The van der Waals surface area contributed by atoms with Gasteiger partial charge in [0.1, 0.15) is 0 Å². The van der Waals surface area contributed by atoms with Crippen molar-refractivity contribution in [3.63, 3.8) is 0 Å². The van der Waals surface area contributed by atoms with Crippen molar-refractivity contribution in [2.24, 2.45) is 23.3 Å². The summed E-state index contributed by atoms with van der Waals surface area (Å²) in [6.45, 7) is 9.59. The van der Waals surface area contributed by atoms with Crippen molar-refractivity contribution in [1.82, 2.24) is 0 Å². The standard InChI is InChI=1S/C10H24N2O/c1-7(2)9(11)5-13-6-10(12)8(3)4/h7-10H,5-6,11-12H2,1-4H3. The predicted molar refractivity (Wildman–Crippen MR) is 56.4 cm³/mol. The van der Waals surface area contributed by atoms with Crippen LogP contribution in [0.15, 0.2) is 0 Å². The van der Waals surface area contributed by atoms with Gasteiger partial charge in [-0.15, -0.1) is 0 Å². The molecule has 13 heavy (non-hydrogen) atoms. The third-order valence-corrected chi connectivity index (χ3v) is 2.33. The van der Waals surface area contributed by atoms with Gasteiger partial charge in [-0.1, -0.05) is 27.7 Å². The van der Waals surface area contributed by atoms with Crippen molar-refractivity contribution in [2.45, 2.75) is 39.8 Å². The van der Waals surface area contributed by atoms with Crippen LogP contribution in [0.5, 0.6) is 0 Å². The zero-order valence-electron chi connectivity index (χ0n) is 9.29. The van der Waals surface area contributed by atoms with Gasteiger partial charge >= 0.3 is 0 Å². The average molecular weight is 188 g/mol. The van der Waals surface area contributed by atoms with Crippen LogP contribution in [-0.2, 0) is 4.74 Å². The molecule has 0 radical (unpaired) electrons. The summed E-state index contributed by atoms with van der Waals surface area (Å²) in [6, 6.07) is 0.249. The number of hydrogen-bond acceptors (Lipinski definition) is 3. The van der Waals surface area contributed by atoms with Crippen LogP contribution in [0, 0.1) is 11.8 Å². The molecule has 0 fully saturated rings. The Balaban J connectivity index is 3.45. The summed E-state index contributed by atoms with van der Waals surface area (Å²) in [7, 11) is 0. The molecule has 3 nitrogen and oxygen atoms in total. The zero-order chi connectivity index (χ0) is 10.4. The normalized spacial score (nSPS) is 16.6. The van der Waals surface area contributed by atoms with Gasteiger partial charge in [0.25, 0.3) is 0 Å². The maximum absolute atomic E-state index is 5.81. The highest BCUT2D eigenvalue weighted by molar-refractivity contribution is 4.67. The van der Waals surface area contributed by atoms with Crippen LogP contribution in [0.25, 0.3) is 0 Å². The van der Waals surface area contributed by atoms with E-state index in [0.29, 0.717) is 25.0 Å². The van der Waals surface area contributed by atoms with Crippen LogP contribution >= 0.6 is 0 Å². The van der Waals surface area contributed by atoms with E-state index in [4.69, 9.17) is 16.2 Å². The fourth-order valence-corrected chi connectivity index (χ4v) is 0.725. The molecule has 0 aliphatic rings. The molecule has 0 aliphatic carbocycles. The molecule has 0 saturated carbocycles. The fourth-order valence-electron chi connectivity index (χ4n) is 0.725. The second-order valence-electron chi connectivity index (χ2n) is 4.35. The van der Waals surface area contributed by atoms with E-state index in [1.54, 1.807) is 0 Å². The molecule has 0 amide bonds. The Morgan fingerprint density at radius 3 is 1.38 bits per heavy atom. The van der Waals surface area contributed by atoms with Crippen molar-refractivity contribution in [1.29, 1.82) is 0 Å². The first-order valence-electron chi connectivity index (χ1n) is 5.04. The molecule has 0 heterocycles. The van der Waals surface area contributed by atoms with Crippen molar-refractivity contribution >= 4 is 0 Å². The molecule has 2 atom stereocenters. The molecule has 0 aromatic heterocycles. The Morgan fingerprint density at radius 1 is 0.846 bits per heavy atom. The Hall–Kier alpha value is -0.120. The van der Waals surface area contributed by atoms with Crippen molar-refractivity contribution in [3.8, 4) is 0 Å². The lowest BCUT2D eigenvalue weighted by atomic mass is 10.1. The van der Waals surface area contributed by atoms with Crippen LogP contribution in [0.3, 0.4) is 0 Å². The van der Waals surface area contributed by atoms with Crippen LogP contribution in [0.4, 0.5) is 0 Å². The Labute approximate surface area is 81.8 Å². The van der Waals surface area contributed by atoms with Crippen molar-refractivity contribution < 1.29 is 4.74 Å². The minimum Gasteiger partial charge on any atom is -0.378 e. The van der Waals surface area contributed by atoms with Crippen molar-refractivity contribution in [2.75, 3.05) is 13.2 Å². The minimum atomic E-state index is 0.124. The van der Waals surface area contributed by atoms with Gasteiger partial charge in [-0.2, -0.15) is 0 Å². The summed E-state index contributed by atoms with van der Waals surface area (Å²) in [5, 5.41) is 0. The maximum atomic E-state index is 5.81. The monoisotopic (exact) mass is 188 g/mol. The highest BCUT2D eigenvalue weighted by Crippen LogP contribution is 2.01. The topological polar surface area (TPSA) is 61.3 Å². The van der Waals surface area contributed by atoms with Gasteiger partial charge in [0.2, 0.25) is 0 Å². The van der Waals surface area contributed by atoms with Crippen LogP contribution in [0.2, 0.25) is 0 Å². The summed E-state index contributed by atoms with van der Waals surface area (Å²) >= 11 is 0. The van der Waals surface area contributed by atoms with Gasteiger partial charge in [0.05, 0.1) is 13.2 Å². The van der Waals surface area contributed by atoms with E-state index in [0.717, 1.165) is 0 Å². The molecule has 4 N–H and O–H groups in total. The van der Waals surface area contributed by atoms with Crippen LogP contribution < -0.4 is 11.5 Å². The molecule has 0 saturated heterocycles. The summed E-state index contributed by atoms with van der Waals surface area (Å²) in [4.78, 5) is 0. The molecule has 80 valence electrons. The first-order valence-corrected chi connectivity index (χ1v) is 5.04. The van der Waals surface area contributed by atoms with Gasteiger partial charge in [-0.3, -0.25) is 0 Å². The lowest BCUT2D eigenvalue weighted by molar-refractivity contribution is 0.0895. The smallest absolute Gasteiger partial charge is 0.0620 e. The molecule has 0 rings (SSSR count). The molecule has 0 spiro atoms. The molecular weight excluding hydrogens is 164 g/mol. The second kappa shape index (κ2) is 6.35. The van der Waals surface area contributed by atoms with Gasteiger partial charge < -0.3 is 16.2 Å². The molecule has 0 aromatic rings. The van der Waals surface area contributed by atoms with Gasteiger partial charge in [0.15, 0.2) is 0 Å². The van der Waals surface area contributed by atoms with Gasteiger partial charge in [-0.25, -0.2) is 0 Å². The Kier molecular flexibility index (Phi) is 6.29. The third kappa shape index (κ3) is 6.02. The summed E-state index contributed by atoms with van der Waals surface area (Å²) < 4.78 is 5.43. The lowest BCUT2D eigenvalue weighted by Gasteiger charge is -2.19. The average Bonchev–Trinajstić information content (AvgIpc) is 2.03. The molecule has 2 unspecified atom stereocenters. The predicted octanol–water partition coefficient (Wildman–Crippen LogP) is 0.970. The molecule has 3 heteroatoms. The SMILES string of the molecule is CC(C)C(N)COCC(N)C(C)C. The second-order valence-corrected chi connectivity index (χ2v) is 4.35. The quantitative estimate of drug-likeness (QED) is 0.653. The highest BCUT2D eigenvalue weighted by Gasteiger charge is 2.10. The van der Waals surface area contributed by atoms with E-state index < -0.39 is 0 Å². The van der Waals surface area contributed by atoms with Crippen LogP contribution in [0.1, 0.15) is 27.7 Å². The van der Waals surface area contributed by atoms with Crippen molar-refractivity contribution in [3.05, 3.63) is 0 Å². The number of ether oxygens (including phenoxy) is 1. The van der Waals surface area contributed by atoms with E-state index in [9.17, 15) is 0 Å². The maximum Gasteiger partial charge on any atom is 0.0620 e. The zero-order valence-corrected chi connectivity index (χ0v) is 9.29. The molecule has 0 aliphatic heterocycles. The van der Waals surface area contributed by atoms with Crippen LogP contribution in [-0.4, -0.2) is 25.3 Å². The highest BCUT2D eigenvalue weighted by atomic mass is 16.5. The largest absolute Gasteiger partial charge is 0.378 e. The minimum absolute atomic E-state index is 0.124. The summed E-state index contributed by atoms with van der Waals surface area (Å²) in [5.74, 6) is 0.936. The summed E-state index contributed by atoms with van der Waals surface area (Å²) in [6.07, 6.45) is 0. The first kappa shape index (κ1) is 12.9.